The zero-order chi connectivity index (χ0) is 36.7. The molecule has 8 rings (SSSR count). The van der Waals surface area contributed by atoms with Crippen LogP contribution in [0.2, 0.25) is 0 Å². The predicted octanol–water partition coefficient (Wildman–Crippen LogP) is 12.4. The average molecular weight is 829 g/mol. The summed E-state index contributed by atoms with van der Waals surface area (Å²) in [5.41, 5.74) is 14.3. The van der Waals surface area contributed by atoms with Crippen LogP contribution < -0.4 is 6.54 Å². The first-order valence-electron chi connectivity index (χ1n) is 18.5. The van der Waals surface area contributed by atoms with Crippen LogP contribution in [0, 0.1) is 23.0 Å². The van der Waals surface area contributed by atoms with E-state index in [1.165, 1.54) is 67.8 Å². The summed E-state index contributed by atoms with van der Waals surface area (Å²) in [6, 6.07) is 24.2. The van der Waals surface area contributed by atoms with E-state index >= 15 is 0 Å². The van der Waals surface area contributed by atoms with E-state index in [0.717, 1.165) is 13.0 Å². The Morgan fingerprint density at radius 2 is 1.21 bits per heavy atom. The van der Waals surface area contributed by atoms with Crippen molar-refractivity contribution < 1.29 is 27.1 Å². The Morgan fingerprint density at radius 3 is 1.70 bits per heavy atom. The second kappa shape index (κ2) is 12.5. The van der Waals surface area contributed by atoms with Gasteiger partial charge in [0, 0.05) is 0 Å². The van der Waals surface area contributed by atoms with Crippen molar-refractivity contribution in [2.75, 3.05) is 0 Å². The molecule has 4 aromatic carbocycles. The molecule has 4 aromatic rings. The first-order chi connectivity index (χ1) is 23.8. The molecule has 0 saturated heterocycles. The van der Waals surface area contributed by atoms with Crippen molar-refractivity contribution in [3.8, 4) is 11.1 Å². The van der Waals surface area contributed by atoms with E-state index in [9.17, 15) is 8.78 Å². The summed E-state index contributed by atoms with van der Waals surface area (Å²) in [5, 5.41) is 0. The summed E-state index contributed by atoms with van der Waals surface area (Å²) in [5.74, 6) is -0.423. The number of rotatable bonds is 4. The minimum absolute atomic E-state index is 0. The van der Waals surface area contributed by atoms with Gasteiger partial charge in [0.25, 0.3) is 0 Å². The molecular formula is C48H52Cl2F2Zr. The van der Waals surface area contributed by atoms with Gasteiger partial charge in [0.2, 0.25) is 0 Å². The van der Waals surface area contributed by atoms with Gasteiger partial charge >= 0.3 is 306 Å². The van der Waals surface area contributed by atoms with Gasteiger partial charge in [-0.2, -0.15) is 0 Å². The zero-order valence-electron chi connectivity index (χ0n) is 32.7. The Balaban J connectivity index is 0.00000240. The first-order valence-corrected chi connectivity index (χ1v) is 25.2. The Hall–Kier alpha value is -2.97. The molecule has 0 N–H and O–H groups in total. The molecule has 0 saturated carbocycles. The van der Waals surface area contributed by atoms with Crippen molar-refractivity contribution in [3.05, 3.63) is 148 Å². The number of benzene rings is 4. The van der Waals surface area contributed by atoms with Crippen LogP contribution in [0.15, 0.2) is 103 Å². The summed E-state index contributed by atoms with van der Waals surface area (Å²) in [7, 11) is 0. The monoisotopic (exact) mass is 826 g/mol. The number of hydrogen-bond acceptors (Lipinski definition) is 0. The Bertz CT molecular complexity index is 2360. The number of hydrogen-bond donors (Lipinski definition) is 0. The third-order valence-electron chi connectivity index (χ3n) is 13.2. The van der Waals surface area contributed by atoms with Crippen LogP contribution in [0.3, 0.4) is 0 Å². The van der Waals surface area contributed by atoms with Gasteiger partial charge in [-0.05, 0) is 0 Å². The number of halogens is 4. The molecule has 0 fully saturated rings. The third-order valence-corrected chi connectivity index (χ3v) is 30.9. The number of fused-ring (bicyclic) bond motifs is 5. The molecular weight excluding hydrogens is 777 g/mol. The summed E-state index contributed by atoms with van der Waals surface area (Å²) < 4.78 is 40.2. The fraction of sp³-hybridized carbons (Fsp3) is 0.312. The van der Waals surface area contributed by atoms with Crippen molar-refractivity contribution in [2.24, 2.45) is 11.3 Å². The van der Waals surface area contributed by atoms with E-state index in [4.69, 9.17) is 4.21 Å². The first kappa shape index (κ1) is 39.7. The summed E-state index contributed by atoms with van der Waals surface area (Å²) >= 11 is -5.30. The van der Waals surface area contributed by atoms with Crippen molar-refractivity contribution >= 4 is 46.7 Å². The Morgan fingerprint density at radius 1 is 0.717 bits per heavy atom. The van der Waals surface area contributed by atoms with Gasteiger partial charge in [-0.1, -0.05) is 0 Å². The second-order valence-electron chi connectivity index (χ2n) is 18.2. The number of allylic oxidation sites excluding steroid dienone is 8. The summed E-state index contributed by atoms with van der Waals surface area (Å²) in [6.07, 6.45) is 8.17. The minimum atomic E-state index is -5.30. The molecule has 1 unspecified atom stereocenters. The Labute approximate surface area is 328 Å². The fourth-order valence-corrected chi connectivity index (χ4v) is 29.9. The third kappa shape index (κ3) is 5.38. The molecule has 0 radical (unpaired) electrons. The molecule has 4 aliphatic carbocycles. The van der Waals surface area contributed by atoms with E-state index in [0.29, 0.717) is 0 Å². The van der Waals surface area contributed by atoms with Crippen molar-refractivity contribution in [2.45, 2.75) is 86.5 Å². The molecule has 276 valence electrons. The maximum absolute atomic E-state index is 14.9. The maximum atomic E-state index is 14.9. The SMILES string of the molecule is Cl.Cl.[CH2]=[Zr]([C]1=CC(C(C)(C)C)=CC1C)([C]1=C(C)c2cc3c(cc2C1(C)C)Cc1cc2c(cc1-3)C(C)=CC2(C)C)([c]1ccc(F)cc1)[c]1ccc(F)cc1. The van der Waals surface area contributed by atoms with Crippen molar-refractivity contribution in [1.82, 2.24) is 0 Å². The van der Waals surface area contributed by atoms with Gasteiger partial charge in [0.1, 0.15) is 0 Å². The van der Waals surface area contributed by atoms with Gasteiger partial charge in [-0.15, -0.1) is 24.8 Å². The molecule has 0 spiro atoms. The topological polar surface area (TPSA) is 0 Å². The molecule has 53 heavy (non-hydrogen) atoms. The van der Waals surface area contributed by atoms with Crippen LogP contribution in [0.4, 0.5) is 8.78 Å². The summed E-state index contributed by atoms with van der Waals surface area (Å²) in [4.78, 5) is 0. The molecule has 4 aliphatic rings. The average Bonchev–Trinajstić information content (AvgIpc) is 3.74. The standard InChI is InChI=1S/C25H25.C10H15.2C6H4F.CH2.2ClH.Zr/c1-14-12-24(3,4)22-8-16-7-17-9-23-19(15(2)13-25(23,5)6)11-21(17)20(16)10-18(14)22;1-8-5-6-9(7-8)10(2,3)4;2*7-6-4-2-1-3-5-6;;;;/h8-12H,7H2,1-6H3;6-8H,1-4H3;2*2-5H;1H2;2*1H;. The van der Waals surface area contributed by atoms with E-state index in [-0.39, 0.29) is 53.2 Å². The normalized spacial score (nSPS) is 19.3. The van der Waals surface area contributed by atoms with E-state index < -0.39 is 23.7 Å². The van der Waals surface area contributed by atoms with Crippen LogP contribution >= 0.6 is 24.8 Å². The Kier molecular flexibility index (Phi) is 9.39. The van der Waals surface area contributed by atoms with Gasteiger partial charge in [0.15, 0.2) is 0 Å². The van der Waals surface area contributed by atoms with E-state index in [2.05, 4.69) is 112 Å². The van der Waals surface area contributed by atoms with Crippen molar-refractivity contribution in [3.63, 3.8) is 0 Å². The van der Waals surface area contributed by atoms with E-state index in [1.54, 1.807) is 24.3 Å². The molecule has 0 bridgehead atoms. The van der Waals surface area contributed by atoms with Gasteiger partial charge in [-0.25, -0.2) is 0 Å². The zero-order valence-corrected chi connectivity index (χ0v) is 36.8. The second-order valence-corrected chi connectivity index (χ2v) is 30.8. The molecule has 0 aromatic heterocycles. The molecule has 1 atom stereocenters. The van der Waals surface area contributed by atoms with Crippen LogP contribution in [0.5, 0.6) is 0 Å². The van der Waals surface area contributed by atoms with Gasteiger partial charge < -0.3 is 0 Å². The van der Waals surface area contributed by atoms with Crippen LogP contribution in [-0.2, 0) is 35.5 Å². The van der Waals surface area contributed by atoms with Gasteiger partial charge in [0.05, 0.1) is 0 Å². The van der Waals surface area contributed by atoms with Crippen molar-refractivity contribution in [1.29, 1.82) is 0 Å². The quantitative estimate of drug-likeness (QED) is 0.169. The van der Waals surface area contributed by atoms with E-state index in [1.807, 2.05) is 24.3 Å². The molecule has 0 nitrogen and oxygen atoms in total. The molecule has 0 amide bonds. The predicted molar refractivity (Wildman–Crippen MR) is 225 cm³/mol. The molecule has 5 heteroatoms. The van der Waals surface area contributed by atoms with Crippen LogP contribution in [-0.4, -0.2) is 4.21 Å². The van der Waals surface area contributed by atoms with Crippen LogP contribution in [0.25, 0.3) is 22.3 Å². The van der Waals surface area contributed by atoms with Gasteiger partial charge in [-0.3, -0.25) is 0 Å². The molecule has 0 heterocycles. The molecule has 0 aliphatic heterocycles. The summed E-state index contributed by atoms with van der Waals surface area (Å²) in [6.45, 7) is 23.0. The fourth-order valence-electron chi connectivity index (χ4n) is 10.9. The van der Waals surface area contributed by atoms with Crippen LogP contribution in [0.1, 0.15) is 103 Å².